The average Bonchev–Trinajstić information content (AvgIpc) is 2.37. The Kier molecular flexibility index (Phi) is 3.65. The van der Waals surface area contributed by atoms with Crippen LogP contribution in [0.1, 0.15) is 15.9 Å². The second kappa shape index (κ2) is 5.41. The first-order valence-corrected chi connectivity index (χ1v) is 5.77. The van der Waals surface area contributed by atoms with Crippen LogP contribution in [0.5, 0.6) is 0 Å². The van der Waals surface area contributed by atoms with Crippen molar-refractivity contribution in [3.63, 3.8) is 0 Å². The average molecular weight is 290 g/mol. The van der Waals surface area contributed by atoms with Crippen molar-refractivity contribution in [3.8, 4) is 0 Å². The van der Waals surface area contributed by atoms with Crippen LogP contribution in [-0.2, 0) is 0 Å². The van der Waals surface area contributed by atoms with E-state index in [0.29, 0.717) is 0 Å². The van der Waals surface area contributed by atoms with Crippen LogP contribution in [0.3, 0.4) is 0 Å². The summed E-state index contributed by atoms with van der Waals surface area (Å²) in [5.74, 6) is -0.767. The smallest absolute Gasteiger partial charge is 0.308 e. The van der Waals surface area contributed by atoms with Crippen LogP contribution in [0, 0.1) is 17.0 Å². The molecule has 0 saturated heterocycles. The van der Waals surface area contributed by atoms with E-state index in [-0.39, 0.29) is 22.6 Å². The van der Waals surface area contributed by atoms with Gasteiger partial charge in [-0.1, -0.05) is 6.07 Å². The van der Waals surface area contributed by atoms with Crippen LogP contribution >= 0.6 is 0 Å². The van der Waals surface area contributed by atoms with Crippen LogP contribution in [0.15, 0.2) is 33.9 Å². The van der Waals surface area contributed by atoms with Crippen LogP contribution in [0.4, 0.5) is 11.5 Å². The highest BCUT2D eigenvalue weighted by Gasteiger charge is 2.18. The van der Waals surface area contributed by atoms with Gasteiger partial charge in [0.15, 0.2) is 0 Å². The number of benzene rings is 1. The molecule has 9 heteroatoms. The van der Waals surface area contributed by atoms with Gasteiger partial charge in [-0.05, 0) is 13.0 Å². The first-order valence-electron chi connectivity index (χ1n) is 5.77. The number of nitrogens with zero attached hydrogens (tertiary/aromatic N) is 1. The van der Waals surface area contributed by atoms with Crippen molar-refractivity contribution in [1.29, 1.82) is 0 Å². The van der Waals surface area contributed by atoms with Crippen molar-refractivity contribution >= 4 is 17.4 Å². The van der Waals surface area contributed by atoms with Gasteiger partial charge in [0.1, 0.15) is 5.82 Å². The summed E-state index contributed by atoms with van der Waals surface area (Å²) in [5, 5.41) is 13.1. The molecule has 0 aliphatic carbocycles. The Bertz CT molecular complexity index is 808. The number of nitro groups is 1. The Morgan fingerprint density at radius 3 is 2.62 bits per heavy atom. The number of nitro benzene ring substituents is 1. The third-order valence-corrected chi connectivity index (χ3v) is 2.76. The molecule has 108 valence electrons. The SMILES string of the molecule is Cc1c(C(=O)Nc2cc(=O)[nH]c(=O)[nH]2)cccc1[N+](=O)[O-]. The zero-order chi connectivity index (χ0) is 15.6. The van der Waals surface area contributed by atoms with Crippen LogP contribution in [0.2, 0.25) is 0 Å². The molecule has 9 nitrogen and oxygen atoms in total. The topological polar surface area (TPSA) is 138 Å². The van der Waals surface area contributed by atoms with Gasteiger partial charge in [-0.15, -0.1) is 0 Å². The van der Waals surface area contributed by atoms with Crippen LogP contribution in [0.25, 0.3) is 0 Å². The third-order valence-electron chi connectivity index (χ3n) is 2.76. The summed E-state index contributed by atoms with van der Waals surface area (Å²) < 4.78 is 0. The fourth-order valence-electron chi connectivity index (χ4n) is 1.79. The molecule has 3 N–H and O–H groups in total. The summed E-state index contributed by atoms with van der Waals surface area (Å²) in [4.78, 5) is 48.7. The van der Waals surface area contributed by atoms with Crippen molar-refractivity contribution in [1.82, 2.24) is 9.97 Å². The molecule has 0 fully saturated rings. The molecule has 0 aliphatic rings. The van der Waals surface area contributed by atoms with Gasteiger partial charge in [0, 0.05) is 23.3 Å². The second-order valence-electron chi connectivity index (χ2n) is 4.16. The molecule has 1 aromatic heterocycles. The van der Waals surface area contributed by atoms with E-state index in [1.165, 1.54) is 25.1 Å². The highest BCUT2D eigenvalue weighted by Crippen LogP contribution is 2.21. The molecule has 2 rings (SSSR count). The fourth-order valence-corrected chi connectivity index (χ4v) is 1.79. The largest absolute Gasteiger partial charge is 0.327 e. The first kappa shape index (κ1) is 14.2. The lowest BCUT2D eigenvalue weighted by Gasteiger charge is -2.07. The molecular formula is C12H10N4O5. The molecule has 0 spiro atoms. The molecule has 0 atom stereocenters. The standard InChI is InChI=1S/C12H10N4O5/c1-6-7(3-2-4-8(6)16(20)21)11(18)13-9-5-10(17)15-12(19)14-9/h2-5H,1H3,(H3,13,14,15,17,18,19). The number of aromatic amines is 2. The lowest BCUT2D eigenvalue weighted by molar-refractivity contribution is -0.385. The molecule has 2 aromatic rings. The lowest BCUT2D eigenvalue weighted by atomic mass is 10.1. The summed E-state index contributed by atoms with van der Waals surface area (Å²) in [6.07, 6.45) is 0. The van der Waals surface area contributed by atoms with Gasteiger partial charge in [0.05, 0.1) is 4.92 Å². The zero-order valence-electron chi connectivity index (χ0n) is 10.8. The maximum atomic E-state index is 12.1. The number of nitrogens with one attached hydrogen (secondary N) is 3. The monoisotopic (exact) mass is 290 g/mol. The third kappa shape index (κ3) is 3.03. The summed E-state index contributed by atoms with van der Waals surface area (Å²) >= 11 is 0. The number of H-pyrrole nitrogens is 2. The number of aromatic nitrogens is 2. The Morgan fingerprint density at radius 2 is 2.00 bits per heavy atom. The Hall–Kier alpha value is -3.23. The summed E-state index contributed by atoms with van der Waals surface area (Å²) in [7, 11) is 0. The zero-order valence-corrected chi connectivity index (χ0v) is 10.8. The number of hydrogen-bond donors (Lipinski definition) is 3. The van der Waals surface area contributed by atoms with Gasteiger partial charge in [0.2, 0.25) is 0 Å². The molecule has 0 bridgehead atoms. The van der Waals surface area contributed by atoms with E-state index in [4.69, 9.17) is 0 Å². The predicted molar refractivity (Wildman–Crippen MR) is 73.5 cm³/mol. The molecule has 0 saturated carbocycles. The summed E-state index contributed by atoms with van der Waals surface area (Å²) in [5.41, 5.74) is -1.38. The summed E-state index contributed by atoms with van der Waals surface area (Å²) in [6, 6.07) is 5.05. The van der Waals surface area contributed by atoms with Gasteiger partial charge in [-0.2, -0.15) is 0 Å². The molecule has 0 aliphatic heterocycles. The number of anilines is 1. The Balaban J connectivity index is 2.37. The first-order chi connectivity index (χ1) is 9.88. The second-order valence-corrected chi connectivity index (χ2v) is 4.16. The van der Waals surface area contributed by atoms with Gasteiger partial charge >= 0.3 is 5.69 Å². The highest BCUT2D eigenvalue weighted by molar-refractivity contribution is 6.05. The maximum Gasteiger partial charge on any atom is 0.327 e. The van der Waals surface area contributed by atoms with Crippen LogP contribution < -0.4 is 16.6 Å². The number of carbonyl (C=O) groups is 1. The van der Waals surface area contributed by atoms with Gasteiger partial charge < -0.3 is 5.32 Å². The fraction of sp³-hybridized carbons (Fsp3) is 0.0833. The van der Waals surface area contributed by atoms with Crippen LogP contribution in [-0.4, -0.2) is 20.8 Å². The number of rotatable bonds is 3. The van der Waals surface area contributed by atoms with E-state index in [0.717, 1.165) is 6.07 Å². The number of hydrogen-bond acceptors (Lipinski definition) is 5. The molecule has 1 amide bonds. The Labute approximate surface area is 116 Å². The van der Waals surface area contributed by atoms with E-state index >= 15 is 0 Å². The molecule has 1 heterocycles. The van der Waals surface area contributed by atoms with E-state index in [1.807, 2.05) is 4.98 Å². The van der Waals surface area contributed by atoms with Gasteiger partial charge in [-0.3, -0.25) is 29.7 Å². The van der Waals surface area contributed by atoms with Crippen molar-refractivity contribution in [2.45, 2.75) is 6.92 Å². The van der Waals surface area contributed by atoms with E-state index in [1.54, 1.807) is 0 Å². The van der Waals surface area contributed by atoms with E-state index < -0.39 is 22.1 Å². The van der Waals surface area contributed by atoms with Crippen molar-refractivity contribution in [3.05, 3.63) is 66.3 Å². The minimum Gasteiger partial charge on any atom is -0.308 e. The predicted octanol–water partition coefficient (Wildman–Crippen LogP) is 0.532. The van der Waals surface area contributed by atoms with E-state index in [2.05, 4.69) is 10.3 Å². The molecule has 0 radical (unpaired) electrons. The number of amides is 1. The molecule has 0 unspecified atom stereocenters. The van der Waals surface area contributed by atoms with E-state index in [9.17, 15) is 24.5 Å². The van der Waals surface area contributed by atoms with Crippen molar-refractivity contribution < 1.29 is 9.72 Å². The minimum absolute atomic E-state index is 0.0744. The normalized spacial score (nSPS) is 10.1. The quantitative estimate of drug-likeness (QED) is 0.559. The van der Waals surface area contributed by atoms with Crippen molar-refractivity contribution in [2.24, 2.45) is 0 Å². The van der Waals surface area contributed by atoms with Crippen molar-refractivity contribution in [2.75, 3.05) is 5.32 Å². The Morgan fingerprint density at radius 1 is 1.29 bits per heavy atom. The maximum absolute atomic E-state index is 12.1. The number of carbonyl (C=O) groups excluding carboxylic acids is 1. The molecule has 1 aromatic carbocycles. The minimum atomic E-state index is -0.770. The summed E-state index contributed by atoms with van der Waals surface area (Å²) in [6.45, 7) is 1.44. The molecule has 21 heavy (non-hydrogen) atoms. The lowest BCUT2D eigenvalue weighted by Crippen LogP contribution is -2.25. The van der Waals surface area contributed by atoms with Gasteiger partial charge in [0.25, 0.3) is 17.2 Å². The highest BCUT2D eigenvalue weighted by atomic mass is 16.6. The molecular weight excluding hydrogens is 280 g/mol. The van der Waals surface area contributed by atoms with Gasteiger partial charge in [-0.25, -0.2) is 4.79 Å².